The molecule has 1 atom stereocenters. The van der Waals surface area contributed by atoms with E-state index in [1.165, 1.54) is 6.92 Å². The van der Waals surface area contributed by atoms with Crippen molar-refractivity contribution in [2.24, 2.45) is 0 Å². The minimum Gasteiger partial charge on any atom is -0.368 e. The second kappa shape index (κ2) is 3.60. The van der Waals surface area contributed by atoms with Gasteiger partial charge in [0, 0.05) is 6.04 Å². The van der Waals surface area contributed by atoms with Crippen LogP contribution >= 0.6 is 12.2 Å². The number of nitrogens with two attached hydrogens (primary N) is 1. The molecular weight excluding hydrogens is 217 g/mol. The van der Waals surface area contributed by atoms with Gasteiger partial charge in [0.25, 0.3) is 0 Å². The van der Waals surface area contributed by atoms with Gasteiger partial charge in [-0.25, -0.2) is 5.10 Å². The third-order valence-corrected chi connectivity index (χ3v) is 1.99. The van der Waals surface area contributed by atoms with Gasteiger partial charge in [-0.1, -0.05) is 0 Å². The number of nitrogen functional groups attached to an aromatic ring is 1. The SMILES string of the molecule is CC(CC(F)(F)F)n1c(N)n[nH]c1=S. The van der Waals surface area contributed by atoms with Gasteiger partial charge in [0.2, 0.25) is 5.95 Å². The van der Waals surface area contributed by atoms with Gasteiger partial charge in [-0.05, 0) is 19.1 Å². The summed E-state index contributed by atoms with van der Waals surface area (Å²) in [5, 5.41) is 5.85. The number of H-pyrrole nitrogens is 1. The van der Waals surface area contributed by atoms with Gasteiger partial charge in [0.1, 0.15) is 0 Å². The first-order valence-corrected chi connectivity index (χ1v) is 4.21. The summed E-state index contributed by atoms with van der Waals surface area (Å²) in [7, 11) is 0. The lowest BCUT2D eigenvalue weighted by atomic mass is 10.2. The summed E-state index contributed by atoms with van der Waals surface area (Å²) in [5.41, 5.74) is 5.35. The number of aromatic nitrogens is 3. The van der Waals surface area contributed by atoms with E-state index >= 15 is 0 Å². The number of alkyl halides is 3. The molecule has 0 aromatic carbocycles. The maximum absolute atomic E-state index is 12.0. The molecule has 1 heterocycles. The fourth-order valence-electron chi connectivity index (χ4n) is 1.17. The van der Waals surface area contributed by atoms with Crippen LogP contribution in [-0.4, -0.2) is 20.9 Å². The van der Waals surface area contributed by atoms with Crippen molar-refractivity contribution in [2.45, 2.75) is 25.6 Å². The molecule has 14 heavy (non-hydrogen) atoms. The first-order valence-electron chi connectivity index (χ1n) is 3.80. The average molecular weight is 226 g/mol. The number of anilines is 1. The highest BCUT2D eigenvalue weighted by Crippen LogP contribution is 2.28. The predicted octanol–water partition coefficient (Wildman–Crippen LogP) is 2.04. The number of aromatic amines is 1. The molecule has 0 aliphatic heterocycles. The smallest absolute Gasteiger partial charge is 0.368 e. The molecule has 0 spiro atoms. The van der Waals surface area contributed by atoms with E-state index in [9.17, 15) is 13.2 Å². The molecule has 4 nitrogen and oxygen atoms in total. The maximum atomic E-state index is 12.0. The number of nitrogens with zero attached hydrogens (tertiary/aromatic N) is 2. The molecule has 3 N–H and O–H groups in total. The van der Waals surface area contributed by atoms with Gasteiger partial charge >= 0.3 is 6.18 Å². The van der Waals surface area contributed by atoms with Crippen LogP contribution in [0.15, 0.2) is 0 Å². The highest BCUT2D eigenvalue weighted by Gasteiger charge is 2.31. The molecule has 0 aliphatic rings. The Hall–Kier alpha value is -1.05. The fourth-order valence-corrected chi connectivity index (χ4v) is 1.49. The van der Waals surface area contributed by atoms with Crippen LogP contribution in [0.3, 0.4) is 0 Å². The van der Waals surface area contributed by atoms with Crippen molar-refractivity contribution in [1.82, 2.24) is 14.8 Å². The molecule has 0 radical (unpaired) electrons. The lowest BCUT2D eigenvalue weighted by molar-refractivity contribution is -0.141. The van der Waals surface area contributed by atoms with Gasteiger partial charge in [-0.15, -0.1) is 5.10 Å². The monoisotopic (exact) mass is 226 g/mol. The molecule has 8 heteroatoms. The molecule has 0 saturated carbocycles. The first kappa shape index (κ1) is 11.0. The summed E-state index contributed by atoms with van der Waals surface area (Å²) in [6.45, 7) is 1.38. The molecule has 0 saturated heterocycles. The zero-order valence-corrected chi connectivity index (χ0v) is 8.11. The molecule has 0 bridgehead atoms. The van der Waals surface area contributed by atoms with Crippen molar-refractivity contribution in [3.8, 4) is 0 Å². The first-order chi connectivity index (χ1) is 6.31. The summed E-state index contributed by atoms with van der Waals surface area (Å²) in [6.07, 6.45) is -5.22. The van der Waals surface area contributed by atoms with Crippen molar-refractivity contribution >= 4 is 18.2 Å². The Bertz CT molecular complexity index is 366. The molecule has 1 unspecified atom stereocenters. The largest absolute Gasteiger partial charge is 0.391 e. The van der Waals surface area contributed by atoms with E-state index < -0.39 is 18.6 Å². The van der Waals surface area contributed by atoms with E-state index in [-0.39, 0.29) is 10.7 Å². The zero-order chi connectivity index (χ0) is 10.9. The summed E-state index contributed by atoms with van der Waals surface area (Å²) in [5.74, 6) is -0.0354. The number of halogens is 3. The Kier molecular flexibility index (Phi) is 2.84. The van der Waals surface area contributed by atoms with E-state index in [2.05, 4.69) is 10.2 Å². The molecule has 0 aliphatic carbocycles. The van der Waals surface area contributed by atoms with Crippen molar-refractivity contribution in [1.29, 1.82) is 0 Å². The lowest BCUT2D eigenvalue weighted by Crippen LogP contribution is -2.18. The molecule has 0 fully saturated rings. The highest BCUT2D eigenvalue weighted by molar-refractivity contribution is 7.71. The van der Waals surface area contributed by atoms with Crippen LogP contribution in [-0.2, 0) is 0 Å². The highest BCUT2D eigenvalue weighted by atomic mass is 32.1. The maximum Gasteiger partial charge on any atom is 0.391 e. The number of rotatable bonds is 2. The summed E-state index contributed by atoms with van der Waals surface area (Å²) >= 11 is 4.74. The van der Waals surface area contributed by atoms with Crippen molar-refractivity contribution in [2.75, 3.05) is 5.73 Å². The zero-order valence-electron chi connectivity index (χ0n) is 7.30. The Labute approximate surface area is 82.9 Å². The van der Waals surface area contributed by atoms with E-state index in [1.807, 2.05) is 0 Å². The Morgan fingerprint density at radius 3 is 2.57 bits per heavy atom. The molecule has 1 rings (SSSR count). The number of nitrogens with one attached hydrogen (secondary N) is 1. The van der Waals surface area contributed by atoms with Crippen LogP contribution in [0.4, 0.5) is 19.1 Å². The standard InChI is InChI=1S/C6H9F3N4S/c1-3(2-6(7,8)9)13-4(10)11-12-5(13)14/h3H,2H2,1H3,(H2,10,11)(H,12,14). The third kappa shape index (κ3) is 2.47. The van der Waals surface area contributed by atoms with Crippen LogP contribution in [0.25, 0.3) is 0 Å². The van der Waals surface area contributed by atoms with Gasteiger partial charge in [0.15, 0.2) is 4.77 Å². The Balaban J connectivity index is 2.90. The van der Waals surface area contributed by atoms with E-state index in [1.54, 1.807) is 0 Å². The molecule has 0 amide bonds. The van der Waals surface area contributed by atoms with Gasteiger partial charge in [-0.2, -0.15) is 13.2 Å². The normalized spacial score (nSPS) is 14.3. The van der Waals surface area contributed by atoms with Crippen LogP contribution in [0, 0.1) is 4.77 Å². The van der Waals surface area contributed by atoms with Crippen LogP contribution in [0.2, 0.25) is 0 Å². The van der Waals surface area contributed by atoms with Crippen LogP contribution in [0.5, 0.6) is 0 Å². The van der Waals surface area contributed by atoms with Gasteiger partial charge in [-0.3, -0.25) is 4.57 Å². The summed E-state index contributed by atoms with van der Waals surface area (Å²) < 4.78 is 37.4. The molecule has 1 aromatic rings. The van der Waals surface area contributed by atoms with Gasteiger partial charge < -0.3 is 5.73 Å². The van der Waals surface area contributed by atoms with Crippen LogP contribution in [0.1, 0.15) is 19.4 Å². The van der Waals surface area contributed by atoms with E-state index in [0.29, 0.717) is 0 Å². The number of hydrogen-bond acceptors (Lipinski definition) is 3. The average Bonchev–Trinajstić information content (AvgIpc) is 2.27. The molecule has 1 aromatic heterocycles. The van der Waals surface area contributed by atoms with Crippen molar-refractivity contribution in [3.63, 3.8) is 0 Å². The minimum absolute atomic E-state index is 0.0354. The molecular formula is C6H9F3N4S. The predicted molar refractivity (Wildman–Crippen MR) is 47.2 cm³/mol. The summed E-state index contributed by atoms with van der Waals surface area (Å²) in [4.78, 5) is 0. The second-order valence-corrected chi connectivity index (χ2v) is 3.31. The Morgan fingerprint density at radius 1 is 1.64 bits per heavy atom. The van der Waals surface area contributed by atoms with Crippen molar-refractivity contribution in [3.05, 3.63) is 4.77 Å². The summed E-state index contributed by atoms with van der Waals surface area (Å²) in [6, 6.07) is -0.846. The third-order valence-electron chi connectivity index (χ3n) is 1.70. The second-order valence-electron chi connectivity index (χ2n) is 2.93. The van der Waals surface area contributed by atoms with Gasteiger partial charge in [0.05, 0.1) is 6.42 Å². The van der Waals surface area contributed by atoms with E-state index in [4.69, 9.17) is 18.0 Å². The Morgan fingerprint density at radius 2 is 2.21 bits per heavy atom. The van der Waals surface area contributed by atoms with E-state index in [0.717, 1.165) is 4.57 Å². The minimum atomic E-state index is -4.24. The molecule has 80 valence electrons. The van der Waals surface area contributed by atoms with Crippen LogP contribution < -0.4 is 5.73 Å². The quantitative estimate of drug-likeness (QED) is 0.758. The number of hydrogen-bond donors (Lipinski definition) is 2. The topological polar surface area (TPSA) is 59.6 Å². The van der Waals surface area contributed by atoms with Crippen molar-refractivity contribution < 1.29 is 13.2 Å². The fraction of sp³-hybridized carbons (Fsp3) is 0.667. The lowest BCUT2D eigenvalue weighted by Gasteiger charge is -2.15.